The Hall–Kier alpha value is -2.53. The lowest BCUT2D eigenvalue weighted by atomic mass is 10.0. The van der Waals surface area contributed by atoms with Crippen molar-refractivity contribution in [3.05, 3.63) is 95.1 Å². The highest BCUT2D eigenvalue weighted by Crippen LogP contribution is 2.20. The molecule has 29 heavy (non-hydrogen) atoms. The molecule has 0 bridgehead atoms. The third kappa shape index (κ3) is 5.51. The predicted molar refractivity (Wildman–Crippen MR) is 110 cm³/mol. The van der Waals surface area contributed by atoms with Gasteiger partial charge in [0.25, 0.3) is 0 Å². The van der Waals surface area contributed by atoms with Crippen LogP contribution in [0.3, 0.4) is 0 Å². The SMILES string of the molecule is CC(C)[C@@H](C)N(Cc1ccc(F)c(F)c1)Cc1cccn1Cc1ccc(F)cc1. The normalized spacial score (nSPS) is 12.7. The van der Waals surface area contributed by atoms with Crippen LogP contribution in [0, 0.1) is 23.4 Å². The summed E-state index contributed by atoms with van der Waals surface area (Å²) in [5, 5.41) is 0. The molecule has 1 aromatic heterocycles. The Bertz CT molecular complexity index is 932. The van der Waals surface area contributed by atoms with Gasteiger partial charge in [-0.1, -0.05) is 32.0 Å². The zero-order valence-corrected chi connectivity index (χ0v) is 17.1. The number of halogens is 3. The standard InChI is InChI=1S/C24H27F3N2/c1-17(2)18(3)29(15-20-8-11-23(26)24(27)13-20)16-22-5-4-12-28(22)14-19-6-9-21(25)10-7-19/h4-13,17-18H,14-16H2,1-3H3/t18-/m1/s1. The van der Waals surface area contributed by atoms with E-state index in [4.69, 9.17) is 0 Å². The minimum Gasteiger partial charge on any atom is -0.346 e. The molecule has 2 aromatic carbocycles. The first kappa shape index (κ1) is 21.2. The highest BCUT2D eigenvalue weighted by Gasteiger charge is 2.20. The Kier molecular flexibility index (Phi) is 6.80. The van der Waals surface area contributed by atoms with E-state index in [0.717, 1.165) is 16.8 Å². The lowest BCUT2D eigenvalue weighted by Gasteiger charge is -2.32. The second kappa shape index (κ2) is 9.31. The molecule has 0 aliphatic carbocycles. The van der Waals surface area contributed by atoms with E-state index in [9.17, 15) is 13.2 Å². The van der Waals surface area contributed by atoms with Gasteiger partial charge in [0, 0.05) is 37.6 Å². The van der Waals surface area contributed by atoms with Crippen molar-refractivity contribution in [3.8, 4) is 0 Å². The molecule has 0 saturated heterocycles. The molecule has 0 aliphatic rings. The van der Waals surface area contributed by atoms with E-state index >= 15 is 0 Å². The highest BCUT2D eigenvalue weighted by atomic mass is 19.2. The van der Waals surface area contributed by atoms with Gasteiger partial charge in [-0.2, -0.15) is 0 Å². The number of hydrogen-bond donors (Lipinski definition) is 0. The molecule has 0 saturated carbocycles. The summed E-state index contributed by atoms with van der Waals surface area (Å²) in [6.45, 7) is 8.31. The molecule has 0 fully saturated rings. The Morgan fingerprint density at radius 1 is 0.828 bits per heavy atom. The van der Waals surface area contributed by atoms with Crippen molar-refractivity contribution in [2.75, 3.05) is 0 Å². The van der Waals surface area contributed by atoms with Crippen LogP contribution in [0.2, 0.25) is 0 Å². The van der Waals surface area contributed by atoms with Crippen molar-refractivity contribution in [1.29, 1.82) is 0 Å². The van der Waals surface area contributed by atoms with Gasteiger partial charge >= 0.3 is 0 Å². The molecule has 0 spiro atoms. The van der Waals surface area contributed by atoms with Crippen LogP contribution in [0.25, 0.3) is 0 Å². The summed E-state index contributed by atoms with van der Waals surface area (Å²) in [7, 11) is 0. The van der Waals surface area contributed by atoms with Crippen molar-refractivity contribution in [1.82, 2.24) is 9.47 Å². The van der Waals surface area contributed by atoms with Crippen molar-refractivity contribution in [3.63, 3.8) is 0 Å². The maximum atomic E-state index is 13.7. The predicted octanol–water partition coefficient (Wildman–Crippen LogP) is 6.00. The molecule has 2 nitrogen and oxygen atoms in total. The molecule has 3 aromatic rings. The Balaban J connectivity index is 1.80. The third-order valence-electron chi connectivity index (χ3n) is 5.47. The molecule has 0 amide bonds. The van der Waals surface area contributed by atoms with Crippen LogP contribution in [0.1, 0.15) is 37.6 Å². The molecule has 0 N–H and O–H groups in total. The second-order valence-electron chi connectivity index (χ2n) is 7.89. The molecule has 0 aliphatic heterocycles. The average Bonchev–Trinajstić information content (AvgIpc) is 3.12. The fraction of sp³-hybridized carbons (Fsp3) is 0.333. The number of hydrogen-bond acceptors (Lipinski definition) is 1. The van der Waals surface area contributed by atoms with Crippen LogP contribution in [0.4, 0.5) is 13.2 Å². The van der Waals surface area contributed by atoms with Gasteiger partial charge in [0.15, 0.2) is 11.6 Å². The van der Waals surface area contributed by atoms with Gasteiger partial charge in [-0.25, -0.2) is 13.2 Å². The minimum absolute atomic E-state index is 0.245. The van der Waals surface area contributed by atoms with E-state index in [0.29, 0.717) is 25.6 Å². The first-order valence-electron chi connectivity index (χ1n) is 9.90. The Labute approximate surface area is 170 Å². The maximum absolute atomic E-state index is 13.7. The van der Waals surface area contributed by atoms with Crippen molar-refractivity contribution >= 4 is 0 Å². The van der Waals surface area contributed by atoms with Crippen molar-refractivity contribution in [2.45, 2.75) is 46.4 Å². The fourth-order valence-electron chi connectivity index (χ4n) is 3.38. The zero-order valence-electron chi connectivity index (χ0n) is 17.1. The monoisotopic (exact) mass is 400 g/mol. The molecule has 0 radical (unpaired) electrons. The van der Waals surface area contributed by atoms with Crippen molar-refractivity contribution in [2.24, 2.45) is 5.92 Å². The van der Waals surface area contributed by atoms with E-state index in [2.05, 4.69) is 36.3 Å². The van der Waals surface area contributed by atoms with E-state index in [1.165, 1.54) is 24.3 Å². The lowest BCUT2D eigenvalue weighted by molar-refractivity contribution is 0.148. The van der Waals surface area contributed by atoms with Crippen LogP contribution in [-0.4, -0.2) is 15.5 Å². The second-order valence-corrected chi connectivity index (χ2v) is 7.89. The van der Waals surface area contributed by atoms with Crippen LogP contribution >= 0.6 is 0 Å². The summed E-state index contributed by atoms with van der Waals surface area (Å²) in [6.07, 6.45) is 2.01. The zero-order chi connectivity index (χ0) is 21.0. The van der Waals surface area contributed by atoms with Gasteiger partial charge in [-0.05, 0) is 60.4 Å². The van der Waals surface area contributed by atoms with Gasteiger partial charge < -0.3 is 4.57 Å². The van der Waals surface area contributed by atoms with Crippen molar-refractivity contribution < 1.29 is 13.2 Å². The summed E-state index contributed by atoms with van der Waals surface area (Å²) >= 11 is 0. The van der Waals surface area contributed by atoms with Crippen LogP contribution in [0.5, 0.6) is 0 Å². The van der Waals surface area contributed by atoms with Gasteiger partial charge in [0.1, 0.15) is 5.82 Å². The van der Waals surface area contributed by atoms with E-state index in [1.54, 1.807) is 18.2 Å². The molecular weight excluding hydrogens is 373 g/mol. The molecule has 3 rings (SSSR count). The summed E-state index contributed by atoms with van der Waals surface area (Å²) in [5.41, 5.74) is 2.88. The first-order valence-corrected chi connectivity index (χ1v) is 9.90. The number of nitrogens with zero attached hydrogens (tertiary/aromatic N) is 2. The van der Waals surface area contributed by atoms with Crippen LogP contribution in [-0.2, 0) is 19.6 Å². The van der Waals surface area contributed by atoms with Gasteiger partial charge in [-0.15, -0.1) is 0 Å². The molecular formula is C24H27F3N2. The molecule has 5 heteroatoms. The average molecular weight is 400 g/mol. The third-order valence-corrected chi connectivity index (χ3v) is 5.47. The maximum Gasteiger partial charge on any atom is 0.159 e. The fourth-order valence-corrected chi connectivity index (χ4v) is 3.38. The minimum atomic E-state index is -0.828. The van der Waals surface area contributed by atoms with E-state index in [1.807, 2.05) is 12.3 Å². The van der Waals surface area contributed by atoms with Gasteiger partial charge in [0.2, 0.25) is 0 Å². The number of benzene rings is 2. The summed E-state index contributed by atoms with van der Waals surface area (Å²) in [6, 6.07) is 14.9. The molecule has 154 valence electrons. The van der Waals surface area contributed by atoms with Crippen LogP contribution < -0.4 is 0 Å². The quantitative estimate of drug-likeness (QED) is 0.450. The van der Waals surface area contributed by atoms with Gasteiger partial charge in [0.05, 0.1) is 0 Å². The summed E-state index contributed by atoms with van der Waals surface area (Å²) in [4.78, 5) is 2.27. The largest absolute Gasteiger partial charge is 0.346 e. The first-order chi connectivity index (χ1) is 13.8. The number of rotatable bonds is 8. The van der Waals surface area contributed by atoms with Crippen LogP contribution in [0.15, 0.2) is 60.8 Å². The highest BCUT2D eigenvalue weighted by molar-refractivity contribution is 5.20. The molecule has 1 atom stereocenters. The van der Waals surface area contributed by atoms with Gasteiger partial charge in [-0.3, -0.25) is 4.90 Å². The summed E-state index contributed by atoms with van der Waals surface area (Å²) in [5.74, 6) is -1.49. The Morgan fingerprint density at radius 2 is 1.52 bits per heavy atom. The Morgan fingerprint density at radius 3 is 2.17 bits per heavy atom. The lowest BCUT2D eigenvalue weighted by Crippen LogP contribution is -2.36. The molecule has 1 heterocycles. The topological polar surface area (TPSA) is 8.17 Å². The molecule has 0 unspecified atom stereocenters. The van der Waals surface area contributed by atoms with E-state index in [-0.39, 0.29) is 11.9 Å². The smallest absolute Gasteiger partial charge is 0.159 e. The number of aromatic nitrogens is 1. The summed E-state index contributed by atoms with van der Waals surface area (Å²) < 4.78 is 42.3. The van der Waals surface area contributed by atoms with E-state index < -0.39 is 11.6 Å².